The van der Waals surface area contributed by atoms with Gasteiger partial charge < -0.3 is 10.6 Å². The van der Waals surface area contributed by atoms with Gasteiger partial charge in [0, 0.05) is 52.2 Å². The Bertz CT molecular complexity index is 2350. The lowest BCUT2D eigenvalue weighted by Gasteiger charge is -2.23. The summed E-state index contributed by atoms with van der Waals surface area (Å²) in [6, 6.07) is 22.7. The van der Waals surface area contributed by atoms with E-state index in [1.54, 1.807) is 48.0 Å². The van der Waals surface area contributed by atoms with Gasteiger partial charge in [0.1, 0.15) is 35.4 Å². The quantitative estimate of drug-likeness (QED) is 0.252. The second kappa shape index (κ2) is 16.3. The zero-order valence-corrected chi connectivity index (χ0v) is 33.5. The highest BCUT2D eigenvalue weighted by Gasteiger charge is 2.34. The molecule has 0 unspecified atom stereocenters. The average molecular weight is 811 g/mol. The third-order valence-corrected chi connectivity index (χ3v) is 11.7. The largest absolute Gasteiger partial charge is 0.337 e. The van der Waals surface area contributed by atoms with Crippen LogP contribution in [-0.2, 0) is 35.5 Å². The summed E-state index contributed by atoms with van der Waals surface area (Å²) < 4.78 is 7.26. The number of hydrogen-bond donors (Lipinski definition) is 2. The van der Waals surface area contributed by atoms with Crippen LogP contribution in [0.3, 0.4) is 0 Å². The Labute approximate surface area is 345 Å². The molecule has 4 atom stereocenters. The summed E-state index contributed by atoms with van der Waals surface area (Å²) in [7, 11) is 3.39. The number of nitrogens with zero attached hydrogens (tertiary/aromatic N) is 12. The van der Waals surface area contributed by atoms with E-state index in [4.69, 9.17) is 0 Å². The lowest BCUT2D eigenvalue weighted by Crippen LogP contribution is -2.47. The van der Waals surface area contributed by atoms with Gasteiger partial charge >= 0.3 is 0 Å². The molecule has 2 aromatic carbocycles. The van der Waals surface area contributed by atoms with E-state index in [9.17, 15) is 19.2 Å². The zero-order valence-electron chi connectivity index (χ0n) is 33.5. The Balaban J connectivity index is 0.000000154. The van der Waals surface area contributed by atoms with Gasteiger partial charge in [0.15, 0.2) is 0 Å². The molecule has 18 heteroatoms. The van der Waals surface area contributed by atoms with Gasteiger partial charge in [-0.05, 0) is 49.7 Å². The number of fused-ring (bicyclic) bond motifs is 4. The minimum absolute atomic E-state index is 0.0756. The van der Waals surface area contributed by atoms with Crippen LogP contribution in [0.25, 0.3) is 0 Å². The van der Waals surface area contributed by atoms with Gasteiger partial charge in [-0.3, -0.25) is 29.0 Å². The number of carbonyl (C=O) groups is 4. The number of carbonyl (C=O) groups excluding carboxylic acids is 4. The van der Waals surface area contributed by atoms with Gasteiger partial charge in [-0.1, -0.05) is 60.7 Å². The van der Waals surface area contributed by atoms with Crippen LogP contribution in [0.2, 0.25) is 0 Å². The van der Waals surface area contributed by atoms with Crippen LogP contribution < -0.4 is 20.4 Å². The summed E-state index contributed by atoms with van der Waals surface area (Å²) in [6.07, 6.45) is 9.74. The fraction of sp³-hybridized carbons (Fsp3) is 0.381. The van der Waals surface area contributed by atoms with E-state index in [-0.39, 0.29) is 35.5 Å². The second-order valence-corrected chi connectivity index (χ2v) is 15.5. The maximum absolute atomic E-state index is 12.9. The molecule has 0 bridgehead atoms. The molecule has 308 valence electrons. The van der Waals surface area contributed by atoms with Crippen molar-refractivity contribution in [2.24, 2.45) is 0 Å². The van der Waals surface area contributed by atoms with Crippen molar-refractivity contribution in [3.05, 3.63) is 120 Å². The molecule has 0 saturated carbocycles. The lowest BCUT2D eigenvalue weighted by atomic mass is 9.98. The second-order valence-electron chi connectivity index (χ2n) is 15.5. The van der Waals surface area contributed by atoms with Gasteiger partial charge in [-0.2, -0.15) is 10.2 Å². The van der Waals surface area contributed by atoms with Gasteiger partial charge in [0.05, 0.1) is 24.5 Å². The van der Waals surface area contributed by atoms with Crippen molar-refractivity contribution in [2.45, 2.75) is 88.6 Å². The first kappa shape index (κ1) is 38.5. The molecular weight excluding hydrogens is 765 g/mol. The average Bonchev–Trinajstić information content (AvgIpc) is 4.11. The Morgan fingerprint density at radius 2 is 1.00 bits per heavy atom. The molecule has 2 N–H and O–H groups in total. The third-order valence-electron chi connectivity index (χ3n) is 11.7. The molecule has 0 aliphatic carbocycles. The number of aromatic nitrogens is 10. The van der Waals surface area contributed by atoms with Crippen LogP contribution in [0, 0.1) is 0 Å². The molecular formula is C42H46N14O4. The number of amides is 4. The monoisotopic (exact) mass is 810 g/mol. The standard InChI is InChI=1S/2C21H23N7O2/c2*1-26-18-10-12-22-27(18)13-11-15(21(26)30)23-20(29)19-24-17-9-5-8-16(28(17)25-19)14-6-3-2-4-7-14/h2*2-4,6-7,10,12,15-16H,5,8-9,11,13H2,1H3,(H,23,29)/t15-,16+;15-,16-/m00/s1. The molecule has 4 aliphatic rings. The smallest absolute Gasteiger partial charge is 0.291 e. The van der Waals surface area contributed by atoms with Crippen molar-refractivity contribution in [2.75, 3.05) is 23.9 Å². The maximum Gasteiger partial charge on any atom is 0.291 e. The molecule has 4 aromatic heterocycles. The molecule has 8 heterocycles. The van der Waals surface area contributed by atoms with Gasteiger partial charge in [-0.15, -0.1) is 10.2 Å². The fourth-order valence-electron chi connectivity index (χ4n) is 8.58. The van der Waals surface area contributed by atoms with Crippen LogP contribution in [0.15, 0.2) is 85.2 Å². The molecule has 18 nitrogen and oxygen atoms in total. The number of hydrogen-bond acceptors (Lipinski definition) is 10. The Kier molecular flexibility index (Phi) is 10.5. The number of likely N-dealkylation sites (N-methyl/N-ethyl adjacent to an activating group) is 2. The maximum atomic E-state index is 12.9. The molecule has 0 spiro atoms. The summed E-state index contributed by atoms with van der Waals surface area (Å²) in [6.45, 7) is 1.10. The topological polar surface area (TPSA) is 196 Å². The molecule has 10 rings (SSSR count). The number of anilines is 2. The fourth-order valence-corrected chi connectivity index (χ4v) is 8.58. The highest BCUT2D eigenvalue weighted by molar-refractivity contribution is 6.01. The summed E-state index contributed by atoms with van der Waals surface area (Å²) >= 11 is 0. The molecule has 0 saturated heterocycles. The predicted octanol–water partition coefficient (Wildman–Crippen LogP) is 3.13. The number of benzene rings is 2. The molecule has 4 aliphatic heterocycles. The molecule has 4 amide bonds. The van der Waals surface area contributed by atoms with Crippen LogP contribution in [0.4, 0.5) is 11.6 Å². The van der Waals surface area contributed by atoms with E-state index < -0.39 is 23.9 Å². The van der Waals surface area contributed by atoms with Crippen LogP contribution >= 0.6 is 0 Å². The van der Waals surface area contributed by atoms with Gasteiger partial charge in [-0.25, -0.2) is 28.7 Å². The normalized spacial score (nSPS) is 21.0. The van der Waals surface area contributed by atoms with E-state index in [2.05, 4.69) is 65.3 Å². The van der Waals surface area contributed by atoms with Crippen molar-refractivity contribution in [3.63, 3.8) is 0 Å². The van der Waals surface area contributed by atoms with E-state index in [0.29, 0.717) is 25.9 Å². The van der Waals surface area contributed by atoms with E-state index in [1.807, 2.05) is 45.8 Å². The van der Waals surface area contributed by atoms with Crippen LogP contribution in [-0.4, -0.2) is 98.9 Å². The van der Waals surface area contributed by atoms with Crippen molar-refractivity contribution >= 4 is 35.3 Å². The first-order chi connectivity index (χ1) is 29.2. The molecule has 6 aromatic rings. The number of aryl methyl sites for hydroxylation is 4. The molecule has 0 radical (unpaired) electrons. The summed E-state index contributed by atoms with van der Waals surface area (Å²) in [5.41, 5.74) is 2.32. The first-order valence-corrected chi connectivity index (χ1v) is 20.4. The highest BCUT2D eigenvalue weighted by Crippen LogP contribution is 2.31. The van der Waals surface area contributed by atoms with Gasteiger partial charge in [0.25, 0.3) is 23.6 Å². The van der Waals surface area contributed by atoms with E-state index in [1.165, 1.54) is 9.80 Å². The van der Waals surface area contributed by atoms with E-state index >= 15 is 0 Å². The Morgan fingerprint density at radius 1 is 0.583 bits per heavy atom. The van der Waals surface area contributed by atoms with Crippen molar-refractivity contribution < 1.29 is 19.2 Å². The zero-order chi connectivity index (χ0) is 41.3. The number of rotatable bonds is 6. The Morgan fingerprint density at radius 3 is 1.42 bits per heavy atom. The van der Waals surface area contributed by atoms with Crippen LogP contribution in [0.5, 0.6) is 0 Å². The van der Waals surface area contributed by atoms with Crippen molar-refractivity contribution in [1.29, 1.82) is 0 Å². The molecule has 0 fully saturated rings. The summed E-state index contributed by atoms with van der Waals surface area (Å²) in [5, 5.41) is 23.2. The third kappa shape index (κ3) is 7.44. The van der Waals surface area contributed by atoms with Gasteiger partial charge in [0.2, 0.25) is 11.6 Å². The minimum atomic E-state index is -0.644. The predicted molar refractivity (Wildman–Crippen MR) is 218 cm³/mol. The number of nitrogens with one attached hydrogen (secondary N) is 2. The van der Waals surface area contributed by atoms with Crippen molar-refractivity contribution in [1.82, 2.24) is 59.7 Å². The Hall–Kier alpha value is -6.98. The summed E-state index contributed by atoms with van der Waals surface area (Å²) in [5.74, 6) is 2.11. The van der Waals surface area contributed by atoms with Crippen molar-refractivity contribution in [3.8, 4) is 0 Å². The SMILES string of the molecule is CN1C(=O)[C@@H](NC(=O)c2nc3n(n2)[C@@H](c2ccccc2)CCC3)CCn2nccc21.CN1C(=O)[C@@H](NC(=O)c2nc3n(n2)[C@H](c2ccccc2)CCC3)CCn2nccc21. The minimum Gasteiger partial charge on any atom is -0.337 e. The lowest BCUT2D eigenvalue weighted by molar-refractivity contribution is -0.120. The van der Waals surface area contributed by atoms with E-state index in [0.717, 1.165) is 72.9 Å². The highest BCUT2D eigenvalue weighted by atomic mass is 16.2. The first-order valence-electron chi connectivity index (χ1n) is 20.4. The van der Waals surface area contributed by atoms with Crippen LogP contribution in [0.1, 0.15) is 94.6 Å². The summed E-state index contributed by atoms with van der Waals surface area (Å²) in [4.78, 5) is 63.5. The molecule has 60 heavy (non-hydrogen) atoms.